The van der Waals surface area contributed by atoms with Crippen molar-refractivity contribution >= 4 is 16.9 Å². The molecule has 2 aromatic rings. The number of fused-ring (bicyclic) bond motifs is 1. The van der Waals surface area contributed by atoms with Crippen LogP contribution < -0.4 is 5.32 Å². The molecule has 2 N–H and O–H groups in total. The second-order valence-electron chi connectivity index (χ2n) is 4.51. The third kappa shape index (κ3) is 3.42. The van der Waals surface area contributed by atoms with Crippen LogP contribution in [0.25, 0.3) is 10.9 Å². The largest absolute Gasteiger partial charge is 0.478 e. The van der Waals surface area contributed by atoms with Crippen molar-refractivity contribution < 1.29 is 9.90 Å². The lowest BCUT2D eigenvalue weighted by molar-refractivity contribution is -0.132. The first-order chi connectivity index (χ1) is 9.72. The normalized spacial score (nSPS) is 11.8. The standard InChI is InChI=1S/C16H18N2O2/c1-2-12(16(19)20)8-10-17-11-14-6-3-5-13-7-4-9-18-15(13)14/h3-9,17H,2,10-11H2,1H3,(H,19,20)/b12-8-. The minimum atomic E-state index is -0.846. The van der Waals surface area contributed by atoms with Gasteiger partial charge in [0.2, 0.25) is 0 Å². The van der Waals surface area contributed by atoms with Gasteiger partial charge < -0.3 is 10.4 Å². The van der Waals surface area contributed by atoms with Crippen LogP contribution in [-0.2, 0) is 11.3 Å². The van der Waals surface area contributed by atoms with Crippen molar-refractivity contribution in [1.29, 1.82) is 0 Å². The average Bonchev–Trinajstić information content (AvgIpc) is 2.47. The number of hydrogen-bond acceptors (Lipinski definition) is 3. The predicted molar refractivity (Wildman–Crippen MR) is 79.5 cm³/mol. The minimum Gasteiger partial charge on any atom is -0.478 e. The average molecular weight is 270 g/mol. The van der Waals surface area contributed by atoms with Gasteiger partial charge >= 0.3 is 5.97 Å². The number of benzene rings is 1. The molecule has 1 aromatic carbocycles. The van der Waals surface area contributed by atoms with E-state index >= 15 is 0 Å². The van der Waals surface area contributed by atoms with E-state index in [4.69, 9.17) is 5.11 Å². The Morgan fingerprint density at radius 2 is 2.15 bits per heavy atom. The number of pyridine rings is 1. The van der Waals surface area contributed by atoms with Crippen molar-refractivity contribution in [1.82, 2.24) is 10.3 Å². The highest BCUT2D eigenvalue weighted by Gasteiger charge is 2.03. The summed E-state index contributed by atoms with van der Waals surface area (Å²) in [6.45, 7) is 3.05. The van der Waals surface area contributed by atoms with E-state index < -0.39 is 5.97 Å². The third-order valence-corrected chi connectivity index (χ3v) is 3.18. The van der Waals surface area contributed by atoms with Gasteiger partial charge in [-0.1, -0.05) is 37.3 Å². The Hall–Kier alpha value is -2.20. The molecule has 0 bridgehead atoms. The number of para-hydroxylation sites is 1. The zero-order valence-corrected chi connectivity index (χ0v) is 11.5. The molecular weight excluding hydrogens is 252 g/mol. The lowest BCUT2D eigenvalue weighted by atomic mass is 10.1. The summed E-state index contributed by atoms with van der Waals surface area (Å²) >= 11 is 0. The van der Waals surface area contributed by atoms with E-state index in [1.807, 2.05) is 37.3 Å². The van der Waals surface area contributed by atoms with Crippen molar-refractivity contribution in [2.45, 2.75) is 19.9 Å². The number of rotatable bonds is 6. The highest BCUT2D eigenvalue weighted by atomic mass is 16.4. The molecule has 0 spiro atoms. The Kier molecular flexibility index (Phi) is 4.85. The van der Waals surface area contributed by atoms with Gasteiger partial charge in [0.05, 0.1) is 5.52 Å². The van der Waals surface area contributed by atoms with E-state index in [0.717, 1.165) is 16.5 Å². The molecule has 0 unspecified atom stereocenters. The molecular formula is C16H18N2O2. The van der Waals surface area contributed by atoms with E-state index in [1.165, 1.54) is 0 Å². The molecule has 0 aliphatic heterocycles. The zero-order valence-electron chi connectivity index (χ0n) is 11.5. The van der Waals surface area contributed by atoms with E-state index in [9.17, 15) is 4.79 Å². The van der Waals surface area contributed by atoms with E-state index in [2.05, 4.69) is 10.3 Å². The van der Waals surface area contributed by atoms with Crippen LogP contribution in [0.4, 0.5) is 0 Å². The van der Waals surface area contributed by atoms with Gasteiger partial charge in [-0.15, -0.1) is 0 Å². The molecule has 4 heteroatoms. The molecule has 20 heavy (non-hydrogen) atoms. The molecule has 2 rings (SSSR count). The fourth-order valence-electron chi connectivity index (χ4n) is 2.10. The second kappa shape index (κ2) is 6.82. The molecule has 0 fully saturated rings. The van der Waals surface area contributed by atoms with Crippen molar-refractivity contribution in [3.63, 3.8) is 0 Å². The van der Waals surface area contributed by atoms with Crippen LogP contribution >= 0.6 is 0 Å². The summed E-state index contributed by atoms with van der Waals surface area (Å²) < 4.78 is 0. The first-order valence-corrected chi connectivity index (χ1v) is 6.68. The van der Waals surface area contributed by atoms with Crippen LogP contribution in [0.3, 0.4) is 0 Å². The van der Waals surface area contributed by atoms with Crippen molar-refractivity contribution in [2.75, 3.05) is 6.54 Å². The maximum Gasteiger partial charge on any atom is 0.331 e. The summed E-state index contributed by atoms with van der Waals surface area (Å²) in [6.07, 6.45) is 4.04. The molecule has 0 aliphatic rings. The fraction of sp³-hybridized carbons (Fsp3) is 0.250. The monoisotopic (exact) mass is 270 g/mol. The summed E-state index contributed by atoms with van der Waals surface area (Å²) in [5.74, 6) is -0.846. The number of carboxylic acids is 1. The maximum absolute atomic E-state index is 10.9. The van der Waals surface area contributed by atoms with Crippen LogP contribution in [0.15, 0.2) is 48.2 Å². The van der Waals surface area contributed by atoms with Gasteiger partial charge in [0, 0.05) is 30.2 Å². The lowest BCUT2D eigenvalue weighted by Gasteiger charge is -2.06. The van der Waals surface area contributed by atoms with Gasteiger partial charge in [-0.25, -0.2) is 4.79 Å². The van der Waals surface area contributed by atoms with Crippen LogP contribution in [0.2, 0.25) is 0 Å². The summed E-state index contributed by atoms with van der Waals surface area (Å²) in [5.41, 5.74) is 2.54. The van der Waals surface area contributed by atoms with Crippen molar-refractivity contribution in [2.24, 2.45) is 0 Å². The molecule has 0 atom stereocenters. The summed E-state index contributed by atoms with van der Waals surface area (Å²) in [4.78, 5) is 15.3. The minimum absolute atomic E-state index is 0.438. The molecule has 0 amide bonds. The number of nitrogens with zero attached hydrogens (tertiary/aromatic N) is 1. The first kappa shape index (κ1) is 14.2. The summed E-state index contributed by atoms with van der Waals surface area (Å²) in [7, 11) is 0. The first-order valence-electron chi connectivity index (χ1n) is 6.68. The number of aliphatic carboxylic acids is 1. The maximum atomic E-state index is 10.9. The smallest absolute Gasteiger partial charge is 0.331 e. The van der Waals surface area contributed by atoms with Crippen molar-refractivity contribution in [3.8, 4) is 0 Å². The fourth-order valence-corrected chi connectivity index (χ4v) is 2.10. The van der Waals surface area contributed by atoms with Gasteiger partial charge in [0.15, 0.2) is 0 Å². The van der Waals surface area contributed by atoms with Gasteiger partial charge in [-0.3, -0.25) is 4.98 Å². The molecule has 4 nitrogen and oxygen atoms in total. The van der Waals surface area contributed by atoms with E-state index in [1.54, 1.807) is 12.3 Å². The van der Waals surface area contributed by atoms with E-state index in [0.29, 0.717) is 25.1 Å². The number of aromatic nitrogens is 1. The Balaban J connectivity index is 2.02. The van der Waals surface area contributed by atoms with Crippen LogP contribution in [0, 0.1) is 0 Å². The molecule has 0 aliphatic carbocycles. The number of carbonyl (C=O) groups is 1. The van der Waals surface area contributed by atoms with Gasteiger partial charge in [0.25, 0.3) is 0 Å². The van der Waals surface area contributed by atoms with Gasteiger partial charge in [-0.05, 0) is 18.1 Å². The molecule has 1 aromatic heterocycles. The van der Waals surface area contributed by atoms with E-state index in [-0.39, 0.29) is 0 Å². The lowest BCUT2D eigenvalue weighted by Crippen LogP contribution is -2.15. The Morgan fingerprint density at radius 3 is 2.90 bits per heavy atom. The SMILES string of the molecule is CC/C(=C/CNCc1cccc2cccnc12)C(=O)O. The number of carboxylic acid groups (broad SMARTS) is 1. The van der Waals surface area contributed by atoms with Crippen LogP contribution in [-0.4, -0.2) is 22.6 Å². The van der Waals surface area contributed by atoms with Gasteiger partial charge in [0.1, 0.15) is 0 Å². The Morgan fingerprint density at radius 1 is 1.35 bits per heavy atom. The summed E-state index contributed by atoms with van der Waals surface area (Å²) in [5, 5.41) is 13.3. The predicted octanol–water partition coefficient (Wildman–Crippen LogP) is 2.75. The Labute approximate surface area is 118 Å². The quantitative estimate of drug-likeness (QED) is 0.626. The topological polar surface area (TPSA) is 62.2 Å². The van der Waals surface area contributed by atoms with Crippen LogP contribution in [0.1, 0.15) is 18.9 Å². The van der Waals surface area contributed by atoms with Crippen molar-refractivity contribution in [3.05, 3.63) is 53.7 Å². The van der Waals surface area contributed by atoms with Crippen LogP contribution in [0.5, 0.6) is 0 Å². The molecule has 0 saturated carbocycles. The summed E-state index contributed by atoms with van der Waals surface area (Å²) in [6, 6.07) is 10.0. The van der Waals surface area contributed by atoms with Gasteiger partial charge in [-0.2, -0.15) is 0 Å². The molecule has 104 valence electrons. The Bertz CT molecular complexity index is 630. The molecule has 0 radical (unpaired) electrons. The third-order valence-electron chi connectivity index (χ3n) is 3.18. The second-order valence-corrected chi connectivity index (χ2v) is 4.51. The molecule has 0 saturated heterocycles. The highest BCUT2D eigenvalue weighted by molar-refractivity contribution is 5.86. The number of nitrogens with one attached hydrogen (secondary N) is 1. The zero-order chi connectivity index (χ0) is 14.4. The highest BCUT2D eigenvalue weighted by Crippen LogP contribution is 2.15. The number of hydrogen-bond donors (Lipinski definition) is 2. The molecule has 1 heterocycles.